The molecule has 0 aliphatic carbocycles. The minimum absolute atomic E-state index is 0.292. The van der Waals surface area contributed by atoms with E-state index in [2.05, 4.69) is 42.2 Å². The van der Waals surface area contributed by atoms with E-state index in [4.69, 9.17) is 15.2 Å². The Morgan fingerprint density at radius 2 is 2.00 bits per heavy atom. The van der Waals surface area contributed by atoms with Gasteiger partial charge in [-0.05, 0) is 35.7 Å². The maximum absolute atomic E-state index is 6.05. The third-order valence-corrected chi connectivity index (χ3v) is 4.52. The van der Waals surface area contributed by atoms with E-state index in [-0.39, 0.29) is 0 Å². The van der Waals surface area contributed by atoms with Crippen LogP contribution in [0.15, 0.2) is 36.4 Å². The molecule has 2 N–H and O–H groups in total. The van der Waals surface area contributed by atoms with Crippen molar-refractivity contribution in [1.29, 1.82) is 0 Å². The summed E-state index contributed by atoms with van der Waals surface area (Å²) in [5.41, 5.74) is 11.3. The van der Waals surface area contributed by atoms with Gasteiger partial charge in [0.25, 0.3) is 0 Å². The van der Waals surface area contributed by atoms with Crippen molar-refractivity contribution < 1.29 is 9.47 Å². The molecule has 22 heavy (non-hydrogen) atoms. The highest BCUT2D eigenvalue weighted by atomic mass is 16.7. The molecule has 0 bridgehead atoms. The summed E-state index contributed by atoms with van der Waals surface area (Å²) in [7, 11) is 0. The minimum Gasteiger partial charge on any atom is -0.454 e. The minimum atomic E-state index is 0.292. The quantitative estimate of drug-likeness (QED) is 0.946. The van der Waals surface area contributed by atoms with Gasteiger partial charge in [0.1, 0.15) is 0 Å². The largest absolute Gasteiger partial charge is 0.454 e. The number of rotatable bonds is 3. The van der Waals surface area contributed by atoms with Crippen LogP contribution in [0.1, 0.15) is 28.3 Å². The van der Waals surface area contributed by atoms with Crippen molar-refractivity contribution in [3.05, 3.63) is 58.7 Å². The monoisotopic (exact) mass is 296 g/mol. The molecule has 2 aliphatic rings. The van der Waals surface area contributed by atoms with Crippen molar-refractivity contribution in [2.45, 2.75) is 26.1 Å². The van der Waals surface area contributed by atoms with Crippen molar-refractivity contribution in [2.24, 2.45) is 5.73 Å². The lowest BCUT2D eigenvalue weighted by Crippen LogP contribution is -2.27. The number of hydrogen-bond acceptors (Lipinski definition) is 4. The fourth-order valence-electron chi connectivity index (χ4n) is 3.41. The van der Waals surface area contributed by atoms with E-state index in [0.29, 0.717) is 19.4 Å². The van der Waals surface area contributed by atoms with E-state index in [1.54, 1.807) is 0 Å². The summed E-state index contributed by atoms with van der Waals surface area (Å²) in [6, 6.07) is 13.1. The molecule has 2 aliphatic heterocycles. The molecule has 114 valence electrons. The van der Waals surface area contributed by atoms with E-state index in [0.717, 1.165) is 24.6 Å². The van der Waals surface area contributed by atoms with E-state index in [1.807, 2.05) is 6.07 Å². The maximum Gasteiger partial charge on any atom is 0.231 e. The summed E-state index contributed by atoms with van der Waals surface area (Å²) in [4.78, 5) is 2.43. The van der Waals surface area contributed by atoms with Crippen LogP contribution >= 0.6 is 0 Å². The number of fused-ring (bicyclic) bond motifs is 2. The molecule has 4 rings (SSSR count). The molecule has 1 atom stereocenters. The molecule has 2 heterocycles. The maximum atomic E-state index is 6.05. The highest BCUT2D eigenvalue weighted by Gasteiger charge is 2.29. The van der Waals surface area contributed by atoms with Crippen molar-refractivity contribution in [2.75, 3.05) is 13.3 Å². The molecule has 2 aromatic carbocycles. The summed E-state index contributed by atoms with van der Waals surface area (Å²) in [6.45, 7) is 4.91. The van der Waals surface area contributed by atoms with Crippen LogP contribution in [-0.4, -0.2) is 18.2 Å². The van der Waals surface area contributed by atoms with Crippen LogP contribution in [0.25, 0.3) is 0 Å². The number of benzene rings is 2. The first-order chi connectivity index (χ1) is 10.7. The Morgan fingerprint density at radius 3 is 2.86 bits per heavy atom. The molecule has 0 aromatic heterocycles. The van der Waals surface area contributed by atoms with Crippen LogP contribution in [0.5, 0.6) is 11.5 Å². The second-order valence-corrected chi connectivity index (χ2v) is 6.05. The van der Waals surface area contributed by atoms with E-state index in [1.165, 1.54) is 22.3 Å². The SMILES string of the molecule is Cc1ccc2c(c1)C(CN)N(Cc1ccc3c(c1)OCO3)C2. The Hall–Kier alpha value is -2.04. The molecule has 0 saturated heterocycles. The third-order valence-electron chi connectivity index (χ3n) is 4.52. The summed E-state index contributed by atoms with van der Waals surface area (Å²) in [5, 5.41) is 0. The van der Waals surface area contributed by atoms with Gasteiger partial charge >= 0.3 is 0 Å². The van der Waals surface area contributed by atoms with Gasteiger partial charge in [0.15, 0.2) is 11.5 Å². The summed E-state index contributed by atoms with van der Waals surface area (Å²) in [6.07, 6.45) is 0. The first-order valence-corrected chi connectivity index (χ1v) is 7.66. The third kappa shape index (κ3) is 2.25. The van der Waals surface area contributed by atoms with Gasteiger partial charge in [-0.1, -0.05) is 29.8 Å². The van der Waals surface area contributed by atoms with Crippen LogP contribution in [0.2, 0.25) is 0 Å². The average Bonchev–Trinajstić information content (AvgIpc) is 3.10. The molecule has 0 fully saturated rings. The molecule has 0 saturated carbocycles. The fraction of sp³-hybridized carbons (Fsp3) is 0.333. The standard InChI is InChI=1S/C18H20N2O2/c1-12-2-4-14-10-20(16(8-19)15(14)6-12)9-13-3-5-17-18(7-13)22-11-21-17/h2-7,16H,8-11,19H2,1H3. The predicted octanol–water partition coefficient (Wildman–Crippen LogP) is 2.74. The molecular formula is C18H20N2O2. The van der Waals surface area contributed by atoms with Crippen molar-refractivity contribution in [1.82, 2.24) is 4.90 Å². The average molecular weight is 296 g/mol. The van der Waals surface area contributed by atoms with Crippen LogP contribution in [0, 0.1) is 6.92 Å². The highest BCUT2D eigenvalue weighted by molar-refractivity contribution is 5.45. The van der Waals surface area contributed by atoms with Gasteiger partial charge in [-0.25, -0.2) is 0 Å². The zero-order valence-electron chi connectivity index (χ0n) is 12.7. The predicted molar refractivity (Wildman–Crippen MR) is 84.8 cm³/mol. The zero-order chi connectivity index (χ0) is 15.1. The number of nitrogens with zero attached hydrogens (tertiary/aromatic N) is 1. The lowest BCUT2D eigenvalue weighted by atomic mass is 10.0. The second-order valence-electron chi connectivity index (χ2n) is 6.05. The van der Waals surface area contributed by atoms with Gasteiger partial charge in [0.2, 0.25) is 6.79 Å². The number of ether oxygens (including phenoxy) is 2. The van der Waals surface area contributed by atoms with Crippen molar-refractivity contribution in [3.8, 4) is 11.5 Å². The van der Waals surface area contributed by atoms with Gasteiger partial charge in [-0.3, -0.25) is 4.90 Å². The topological polar surface area (TPSA) is 47.7 Å². The van der Waals surface area contributed by atoms with Gasteiger partial charge < -0.3 is 15.2 Å². The van der Waals surface area contributed by atoms with Crippen LogP contribution in [-0.2, 0) is 13.1 Å². The number of aryl methyl sites for hydroxylation is 1. The van der Waals surface area contributed by atoms with E-state index < -0.39 is 0 Å². The van der Waals surface area contributed by atoms with Crippen molar-refractivity contribution in [3.63, 3.8) is 0 Å². The fourth-order valence-corrected chi connectivity index (χ4v) is 3.41. The van der Waals surface area contributed by atoms with E-state index in [9.17, 15) is 0 Å². The van der Waals surface area contributed by atoms with Crippen LogP contribution in [0.4, 0.5) is 0 Å². The summed E-state index contributed by atoms with van der Waals surface area (Å²) in [5.74, 6) is 1.67. The van der Waals surface area contributed by atoms with Gasteiger partial charge in [-0.15, -0.1) is 0 Å². The molecular weight excluding hydrogens is 276 g/mol. The van der Waals surface area contributed by atoms with Gasteiger partial charge in [0, 0.05) is 25.7 Å². The van der Waals surface area contributed by atoms with Crippen LogP contribution in [0.3, 0.4) is 0 Å². The molecule has 0 radical (unpaired) electrons. The lowest BCUT2D eigenvalue weighted by Gasteiger charge is -2.24. The smallest absolute Gasteiger partial charge is 0.231 e. The second kappa shape index (κ2) is 5.30. The first-order valence-electron chi connectivity index (χ1n) is 7.66. The Labute approximate surface area is 130 Å². The Kier molecular flexibility index (Phi) is 3.28. The van der Waals surface area contributed by atoms with Crippen LogP contribution < -0.4 is 15.2 Å². The summed E-state index contributed by atoms with van der Waals surface area (Å²) >= 11 is 0. The summed E-state index contributed by atoms with van der Waals surface area (Å²) < 4.78 is 10.8. The molecule has 0 spiro atoms. The first kappa shape index (κ1) is 13.6. The Bertz CT molecular complexity index is 714. The Morgan fingerprint density at radius 1 is 1.14 bits per heavy atom. The number of nitrogens with two attached hydrogens (primary N) is 1. The number of hydrogen-bond donors (Lipinski definition) is 1. The van der Waals surface area contributed by atoms with Crippen molar-refractivity contribution >= 4 is 0 Å². The molecule has 4 nitrogen and oxygen atoms in total. The zero-order valence-corrected chi connectivity index (χ0v) is 12.7. The lowest BCUT2D eigenvalue weighted by molar-refractivity contribution is 0.173. The highest BCUT2D eigenvalue weighted by Crippen LogP contribution is 2.37. The molecule has 4 heteroatoms. The normalized spacial score (nSPS) is 19.5. The van der Waals surface area contributed by atoms with Gasteiger partial charge in [-0.2, -0.15) is 0 Å². The van der Waals surface area contributed by atoms with E-state index >= 15 is 0 Å². The van der Waals surface area contributed by atoms with Gasteiger partial charge in [0.05, 0.1) is 0 Å². The molecule has 1 unspecified atom stereocenters. The molecule has 2 aromatic rings. The Balaban J connectivity index is 1.59. The molecule has 0 amide bonds.